The van der Waals surface area contributed by atoms with E-state index in [-0.39, 0.29) is 5.91 Å². The number of ether oxygens (including phenoxy) is 2. The molecule has 1 aromatic heterocycles. The lowest BCUT2D eigenvalue weighted by molar-refractivity contribution is -0.132. The number of H-pyrrole nitrogens is 1. The molecule has 2 N–H and O–H groups in total. The number of carbonyl (C=O) groups excluding carboxylic acids is 2. The zero-order valence-electron chi connectivity index (χ0n) is 12.4. The summed E-state index contributed by atoms with van der Waals surface area (Å²) < 4.78 is 10.9. The van der Waals surface area contributed by atoms with Gasteiger partial charge in [0.25, 0.3) is 5.91 Å². The van der Waals surface area contributed by atoms with E-state index in [1.54, 1.807) is 30.5 Å². The maximum Gasteiger partial charge on any atom is 0.308 e. The Hall–Kier alpha value is -2.61. The third-order valence-corrected chi connectivity index (χ3v) is 3.17. The molecule has 0 bridgehead atoms. The Balaban J connectivity index is 2.04. The highest BCUT2D eigenvalue weighted by molar-refractivity contribution is 9.10. The second-order valence-corrected chi connectivity index (χ2v) is 5.35. The van der Waals surface area contributed by atoms with Crippen LogP contribution in [0.4, 0.5) is 0 Å². The number of nitrogens with one attached hydrogen (secondary N) is 2. The Morgan fingerprint density at radius 3 is 2.70 bits per heavy atom. The predicted octanol–water partition coefficient (Wildman–Crippen LogP) is 2.48. The Kier molecular flexibility index (Phi) is 5.53. The van der Waals surface area contributed by atoms with Crippen LogP contribution in [0, 0.1) is 0 Å². The fraction of sp³-hybridized carbons (Fsp3) is 0.133. The highest BCUT2D eigenvalue weighted by Gasteiger charge is 2.08. The van der Waals surface area contributed by atoms with Gasteiger partial charge in [0, 0.05) is 17.6 Å². The first-order valence-corrected chi connectivity index (χ1v) is 7.32. The predicted molar refractivity (Wildman–Crippen MR) is 87.9 cm³/mol. The lowest BCUT2D eigenvalue weighted by Crippen LogP contribution is -2.17. The molecule has 0 saturated carbocycles. The maximum absolute atomic E-state index is 11.8. The van der Waals surface area contributed by atoms with Gasteiger partial charge in [-0.15, -0.1) is 0 Å². The summed E-state index contributed by atoms with van der Waals surface area (Å²) >= 11 is 3.25. The molecular weight excluding hydrogens is 366 g/mol. The minimum Gasteiger partial charge on any atom is -0.493 e. The number of benzene rings is 1. The number of rotatable bonds is 5. The van der Waals surface area contributed by atoms with E-state index in [9.17, 15) is 9.59 Å². The van der Waals surface area contributed by atoms with Gasteiger partial charge in [0.2, 0.25) is 0 Å². The first kappa shape index (κ1) is 16.8. The van der Waals surface area contributed by atoms with E-state index in [4.69, 9.17) is 9.47 Å². The molecule has 0 radical (unpaired) electrons. The molecule has 0 saturated heterocycles. The van der Waals surface area contributed by atoms with E-state index in [0.717, 1.165) is 4.47 Å². The van der Waals surface area contributed by atoms with E-state index in [1.807, 2.05) is 0 Å². The summed E-state index contributed by atoms with van der Waals surface area (Å²) in [5.41, 5.74) is 3.46. The molecule has 0 atom stereocenters. The number of aromatic amines is 1. The van der Waals surface area contributed by atoms with Crippen LogP contribution in [0.2, 0.25) is 0 Å². The Bertz CT molecular complexity index is 755. The first-order valence-electron chi connectivity index (χ1n) is 6.53. The topological polar surface area (TPSA) is 92.8 Å². The van der Waals surface area contributed by atoms with Crippen LogP contribution in [-0.4, -0.2) is 30.2 Å². The van der Waals surface area contributed by atoms with E-state index in [2.05, 4.69) is 31.4 Å². The SMILES string of the molecule is COc1cc(/C=N\NC(=O)c2cc(Br)c[nH]2)ccc1OC(C)=O. The highest BCUT2D eigenvalue weighted by Crippen LogP contribution is 2.27. The number of amides is 1. The summed E-state index contributed by atoms with van der Waals surface area (Å²) in [5, 5.41) is 3.87. The standard InChI is InChI=1S/C15H14BrN3O4/c1-9(20)23-13-4-3-10(5-14(13)22-2)7-18-19-15(21)12-6-11(16)8-17-12/h3-8,17H,1-2H3,(H,19,21)/b18-7-. The molecule has 0 aliphatic carbocycles. The molecule has 7 nitrogen and oxygen atoms in total. The largest absolute Gasteiger partial charge is 0.493 e. The Morgan fingerprint density at radius 1 is 1.30 bits per heavy atom. The van der Waals surface area contributed by atoms with Crippen LogP contribution in [0.25, 0.3) is 0 Å². The smallest absolute Gasteiger partial charge is 0.308 e. The summed E-state index contributed by atoms with van der Waals surface area (Å²) in [7, 11) is 1.47. The van der Waals surface area contributed by atoms with Gasteiger partial charge in [0.15, 0.2) is 11.5 Å². The monoisotopic (exact) mass is 379 g/mol. The van der Waals surface area contributed by atoms with Crippen LogP contribution >= 0.6 is 15.9 Å². The number of aromatic nitrogens is 1. The zero-order valence-corrected chi connectivity index (χ0v) is 14.0. The van der Waals surface area contributed by atoms with E-state index in [1.165, 1.54) is 20.2 Å². The van der Waals surface area contributed by atoms with Gasteiger partial charge in [-0.2, -0.15) is 5.10 Å². The van der Waals surface area contributed by atoms with Crippen molar-refractivity contribution in [1.29, 1.82) is 0 Å². The minimum atomic E-state index is -0.436. The van der Waals surface area contributed by atoms with Crippen molar-refractivity contribution in [3.8, 4) is 11.5 Å². The maximum atomic E-state index is 11.8. The molecule has 0 unspecified atom stereocenters. The van der Waals surface area contributed by atoms with Gasteiger partial charge in [0.05, 0.1) is 13.3 Å². The number of hydrogen-bond donors (Lipinski definition) is 2. The van der Waals surface area contributed by atoms with Crippen LogP contribution in [0.1, 0.15) is 23.0 Å². The zero-order chi connectivity index (χ0) is 16.8. The normalized spacial score (nSPS) is 10.6. The van der Waals surface area contributed by atoms with E-state index in [0.29, 0.717) is 22.8 Å². The molecule has 0 spiro atoms. The van der Waals surface area contributed by atoms with Gasteiger partial charge in [-0.05, 0) is 45.8 Å². The van der Waals surface area contributed by atoms with Crippen LogP contribution in [0.5, 0.6) is 11.5 Å². The fourth-order valence-corrected chi connectivity index (χ4v) is 2.07. The number of nitrogens with zero attached hydrogens (tertiary/aromatic N) is 1. The molecule has 2 aromatic rings. The number of carbonyl (C=O) groups is 2. The van der Waals surface area contributed by atoms with Crippen LogP contribution in [0.3, 0.4) is 0 Å². The van der Waals surface area contributed by atoms with Crippen molar-refractivity contribution in [3.05, 3.63) is 46.2 Å². The van der Waals surface area contributed by atoms with E-state index >= 15 is 0 Å². The van der Waals surface area contributed by atoms with E-state index < -0.39 is 5.97 Å². The van der Waals surface area contributed by atoms with Crippen molar-refractivity contribution in [2.75, 3.05) is 7.11 Å². The molecule has 23 heavy (non-hydrogen) atoms. The quantitative estimate of drug-likeness (QED) is 0.361. The molecule has 0 aliphatic heterocycles. The Morgan fingerprint density at radius 2 is 2.09 bits per heavy atom. The van der Waals surface area contributed by atoms with Crippen molar-refractivity contribution in [2.24, 2.45) is 5.10 Å². The third-order valence-electron chi connectivity index (χ3n) is 2.71. The summed E-state index contributed by atoms with van der Waals surface area (Å²) in [4.78, 5) is 25.6. The number of hydrogen-bond acceptors (Lipinski definition) is 5. The average molecular weight is 380 g/mol. The number of halogens is 1. The lowest BCUT2D eigenvalue weighted by atomic mass is 10.2. The number of methoxy groups -OCH3 is 1. The molecule has 1 amide bonds. The van der Waals surface area contributed by atoms with Crippen molar-refractivity contribution in [3.63, 3.8) is 0 Å². The second-order valence-electron chi connectivity index (χ2n) is 4.43. The van der Waals surface area contributed by atoms with Gasteiger partial charge in [-0.25, -0.2) is 5.43 Å². The van der Waals surface area contributed by atoms with Crippen molar-refractivity contribution < 1.29 is 19.1 Å². The molecule has 0 fully saturated rings. The van der Waals surface area contributed by atoms with Crippen LogP contribution in [-0.2, 0) is 4.79 Å². The molecular formula is C15H14BrN3O4. The lowest BCUT2D eigenvalue weighted by Gasteiger charge is -2.08. The summed E-state index contributed by atoms with van der Waals surface area (Å²) in [6, 6.07) is 6.55. The first-order chi connectivity index (χ1) is 11.0. The van der Waals surface area contributed by atoms with Crippen LogP contribution < -0.4 is 14.9 Å². The fourth-order valence-electron chi connectivity index (χ4n) is 1.73. The second kappa shape index (κ2) is 7.59. The Labute approximate surface area is 140 Å². The molecule has 1 heterocycles. The van der Waals surface area contributed by atoms with Gasteiger partial charge in [-0.3, -0.25) is 9.59 Å². The number of esters is 1. The molecule has 120 valence electrons. The molecule has 0 aliphatic rings. The van der Waals surface area contributed by atoms with Gasteiger partial charge < -0.3 is 14.5 Å². The molecule has 2 rings (SSSR count). The molecule has 8 heteroatoms. The summed E-state index contributed by atoms with van der Waals surface area (Å²) in [5.74, 6) is -0.0919. The summed E-state index contributed by atoms with van der Waals surface area (Å²) in [6.45, 7) is 1.31. The summed E-state index contributed by atoms with van der Waals surface area (Å²) in [6.07, 6.45) is 3.10. The van der Waals surface area contributed by atoms with Gasteiger partial charge in [0.1, 0.15) is 5.69 Å². The minimum absolute atomic E-state index is 0.317. The third kappa shape index (κ3) is 4.68. The number of hydrazone groups is 1. The van der Waals surface area contributed by atoms with Gasteiger partial charge in [-0.1, -0.05) is 0 Å². The average Bonchev–Trinajstić information content (AvgIpc) is 2.94. The van der Waals surface area contributed by atoms with Crippen molar-refractivity contribution in [2.45, 2.75) is 6.92 Å². The highest BCUT2D eigenvalue weighted by atomic mass is 79.9. The molecule has 1 aromatic carbocycles. The van der Waals surface area contributed by atoms with Crippen molar-refractivity contribution in [1.82, 2.24) is 10.4 Å². The van der Waals surface area contributed by atoms with Crippen molar-refractivity contribution >= 4 is 34.0 Å². The van der Waals surface area contributed by atoms with Gasteiger partial charge >= 0.3 is 5.97 Å². The van der Waals surface area contributed by atoms with Crippen LogP contribution in [0.15, 0.2) is 40.0 Å².